The second kappa shape index (κ2) is 14.0. The Bertz CT molecular complexity index is 257. The van der Waals surface area contributed by atoms with Crippen molar-refractivity contribution >= 4 is 6.21 Å². The first-order chi connectivity index (χ1) is 10.8. The molecular weight excluding hydrogens is 270 g/mol. The molecule has 0 aliphatic carbocycles. The van der Waals surface area contributed by atoms with E-state index in [9.17, 15) is 0 Å². The van der Waals surface area contributed by atoms with E-state index >= 15 is 0 Å². The zero-order valence-electron chi connectivity index (χ0n) is 15.2. The lowest BCUT2D eigenvalue weighted by Crippen LogP contribution is -2.38. The number of nitrogens with one attached hydrogen (secondary N) is 1. The first-order valence-electron chi connectivity index (χ1n) is 9.88. The van der Waals surface area contributed by atoms with E-state index in [1.54, 1.807) is 0 Å². The van der Waals surface area contributed by atoms with Gasteiger partial charge in [-0.3, -0.25) is 0 Å². The lowest BCUT2D eigenvalue weighted by Gasteiger charge is -2.22. The van der Waals surface area contributed by atoms with Gasteiger partial charge < -0.3 is 0 Å². The van der Waals surface area contributed by atoms with Crippen molar-refractivity contribution in [1.29, 1.82) is 0 Å². The molecule has 0 saturated carbocycles. The number of hydrazine groups is 1. The number of nitrogens with zero attached hydrogens (tertiary/aromatic N) is 2. The van der Waals surface area contributed by atoms with Gasteiger partial charge >= 0.3 is 0 Å². The van der Waals surface area contributed by atoms with Crippen molar-refractivity contribution in [3.63, 3.8) is 0 Å². The van der Waals surface area contributed by atoms with Gasteiger partial charge in [0.1, 0.15) is 0 Å². The van der Waals surface area contributed by atoms with Crippen LogP contribution in [-0.2, 0) is 0 Å². The number of rotatable bonds is 15. The van der Waals surface area contributed by atoms with Crippen molar-refractivity contribution < 1.29 is 0 Å². The summed E-state index contributed by atoms with van der Waals surface area (Å²) in [6, 6.07) is 0.607. The number of unbranched alkanes of at least 4 members (excludes halogenated alkanes) is 12. The third kappa shape index (κ3) is 10.2. The standard InChI is InChI=1S/C19H39N3/c1-3-4-5-6-7-8-9-10-11-12-13-14-15-16-19(2)22-18-17-20-21-22/h17,19,21H,3-16,18H2,1-2H3. The largest absolute Gasteiger partial charge is 0.240 e. The molecule has 22 heavy (non-hydrogen) atoms. The quantitative estimate of drug-likeness (QED) is 0.395. The van der Waals surface area contributed by atoms with Crippen LogP contribution < -0.4 is 5.53 Å². The van der Waals surface area contributed by atoms with Gasteiger partial charge in [0.15, 0.2) is 0 Å². The van der Waals surface area contributed by atoms with Gasteiger partial charge in [-0.05, 0) is 13.3 Å². The summed E-state index contributed by atoms with van der Waals surface area (Å²) in [6.45, 7) is 5.54. The maximum Gasteiger partial charge on any atom is 0.0569 e. The molecule has 1 aliphatic heterocycles. The molecule has 0 aromatic heterocycles. The number of hydrogen-bond donors (Lipinski definition) is 1. The summed E-state index contributed by atoms with van der Waals surface area (Å²) in [5, 5.41) is 6.27. The molecule has 0 amide bonds. The lowest BCUT2D eigenvalue weighted by atomic mass is 10.0. The Morgan fingerprint density at radius 2 is 1.36 bits per heavy atom. The summed E-state index contributed by atoms with van der Waals surface area (Å²) in [7, 11) is 0. The van der Waals surface area contributed by atoms with Crippen LogP contribution >= 0.6 is 0 Å². The number of hydrazone groups is 1. The first kappa shape index (κ1) is 19.5. The van der Waals surface area contributed by atoms with Crippen LogP contribution in [0.2, 0.25) is 0 Å². The zero-order valence-corrected chi connectivity index (χ0v) is 15.2. The molecule has 0 aromatic rings. The minimum atomic E-state index is 0.607. The Morgan fingerprint density at radius 3 is 1.82 bits per heavy atom. The molecule has 0 aromatic carbocycles. The van der Waals surface area contributed by atoms with E-state index in [1.165, 1.54) is 89.9 Å². The highest BCUT2D eigenvalue weighted by molar-refractivity contribution is 5.60. The molecule has 0 spiro atoms. The van der Waals surface area contributed by atoms with Gasteiger partial charge in [0, 0.05) is 12.3 Å². The Balaban J connectivity index is 1.73. The highest BCUT2D eigenvalue weighted by atomic mass is 15.7. The van der Waals surface area contributed by atoms with Crippen LogP contribution in [0.15, 0.2) is 5.10 Å². The Morgan fingerprint density at radius 1 is 0.864 bits per heavy atom. The van der Waals surface area contributed by atoms with Gasteiger partial charge in [-0.2, -0.15) is 10.1 Å². The summed E-state index contributed by atoms with van der Waals surface area (Å²) < 4.78 is 0. The molecule has 3 heteroatoms. The molecule has 1 unspecified atom stereocenters. The molecule has 1 heterocycles. The van der Waals surface area contributed by atoms with Crippen LogP contribution in [-0.4, -0.2) is 23.8 Å². The maximum absolute atomic E-state index is 4.05. The van der Waals surface area contributed by atoms with Crippen LogP contribution in [0.3, 0.4) is 0 Å². The fraction of sp³-hybridized carbons (Fsp3) is 0.947. The molecular formula is C19H39N3. The average molecular weight is 310 g/mol. The monoisotopic (exact) mass is 309 g/mol. The van der Waals surface area contributed by atoms with E-state index in [1.807, 2.05) is 6.21 Å². The fourth-order valence-electron chi connectivity index (χ4n) is 3.18. The summed E-state index contributed by atoms with van der Waals surface area (Å²) >= 11 is 0. The molecule has 0 saturated heterocycles. The van der Waals surface area contributed by atoms with Crippen molar-refractivity contribution in [3.8, 4) is 0 Å². The molecule has 1 aliphatic rings. The van der Waals surface area contributed by atoms with Crippen LogP contribution in [0, 0.1) is 0 Å². The van der Waals surface area contributed by atoms with Crippen molar-refractivity contribution in [1.82, 2.24) is 10.5 Å². The van der Waals surface area contributed by atoms with Gasteiger partial charge in [0.2, 0.25) is 0 Å². The normalized spacial score (nSPS) is 16.1. The lowest BCUT2D eigenvalue weighted by molar-refractivity contribution is 0.169. The van der Waals surface area contributed by atoms with E-state index in [-0.39, 0.29) is 0 Å². The summed E-state index contributed by atoms with van der Waals surface area (Å²) in [6.07, 6.45) is 21.9. The summed E-state index contributed by atoms with van der Waals surface area (Å²) in [5.74, 6) is 0. The second-order valence-electron chi connectivity index (χ2n) is 6.94. The fourth-order valence-corrected chi connectivity index (χ4v) is 3.18. The van der Waals surface area contributed by atoms with E-state index in [2.05, 4.69) is 29.5 Å². The molecule has 0 fully saturated rings. The van der Waals surface area contributed by atoms with Gasteiger partial charge in [-0.25, -0.2) is 5.53 Å². The van der Waals surface area contributed by atoms with Crippen molar-refractivity contribution in [2.75, 3.05) is 6.54 Å². The molecule has 0 bridgehead atoms. The average Bonchev–Trinajstić information content (AvgIpc) is 3.06. The molecule has 130 valence electrons. The third-order valence-corrected chi connectivity index (χ3v) is 4.81. The molecule has 1 N–H and O–H groups in total. The zero-order chi connectivity index (χ0) is 15.9. The van der Waals surface area contributed by atoms with Crippen molar-refractivity contribution in [3.05, 3.63) is 0 Å². The van der Waals surface area contributed by atoms with Gasteiger partial charge in [-0.1, -0.05) is 90.4 Å². The van der Waals surface area contributed by atoms with Crippen LogP contribution in [0.25, 0.3) is 0 Å². The van der Waals surface area contributed by atoms with E-state index in [0.29, 0.717) is 6.04 Å². The molecule has 3 nitrogen and oxygen atoms in total. The topological polar surface area (TPSA) is 27.6 Å². The maximum atomic E-state index is 4.05. The summed E-state index contributed by atoms with van der Waals surface area (Å²) in [5.41, 5.74) is 3.06. The van der Waals surface area contributed by atoms with Gasteiger partial charge in [-0.15, -0.1) is 0 Å². The van der Waals surface area contributed by atoms with Crippen LogP contribution in [0.4, 0.5) is 0 Å². The summed E-state index contributed by atoms with van der Waals surface area (Å²) in [4.78, 5) is 0. The minimum Gasteiger partial charge on any atom is -0.240 e. The number of hydrogen-bond acceptors (Lipinski definition) is 3. The molecule has 1 rings (SSSR count). The third-order valence-electron chi connectivity index (χ3n) is 4.81. The van der Waals surface area contributed by atoms with Crippen LogP contribution in [0.1, 0.15) is 104 Å². The highest BCUT2D eigenvalue weighted by Gasteiger charge is 2.14. The first-order valence-corrected chi connectivity index (χ1v) is 9.88. The van der Waals surface area contributed by atoms with E-state index in [0.717, 1.165) is 6.54 Å². The van der Waals surface area contributed by atoms with Gasteiger partial charge in [0.25, 0.3) is 0 Å². The van der Waals surface area contributed by atoms with Crippen molar-refractivity contribution in [2.45, 2.75) is 110 Å². The smallest absolute Gasteiger partial charge is 0.0569 e. The SMILES string of the molecule is CCCCCCCCCCCCCCCC(C)N1CC=NN1. The molecule has 1 atom stereocenters. The second-order valence-corrected chi connectivity index (χ2v) is 6.94. The van der Waals surface area contributed by atoms with E-state index in [4.69, 9.17) is 0 Å². The van der Waals surface area contributed by atoms with Crippen molar-refractivity contribution in [2.24, 2.45) is 5.10 Å². The Hall–Kier alpha value is -0.570. The minimum absolute atomic E-state index is 0.607. The predicted octanol–water partition coefficient (Wildman–Crippen LogP) is 5.66. The predicted molar refractivity (Wildman–Crippen MR) is 98.1 cm³/mol. The van der Waals surface area contributed by atoms with Gasteiger partial charge in [0.05, 0.1) is 6.54 Å². The van der Waals surface area contributed by atoms with E-state index < -0.39 is 0 Å². The van der Waals surface area contributed by atoms with Crippen LogP contribution in [0.5, 0.6) is 0 Å². The molecule has 0 radical (unpaired) electrons. The Labute approximate surface area is 138 Å². The highest BCUT2D eigenvalue weighted by Crippen LogP contribution is 2.14. The Kier molecular flexibility index (Phi) is 12.4.